The summed E-state index contributed by atoms with van der Waals surface area (Å²) in [7, 11) is 1.59. The Kier molecular flexibility index (Phi) is 4.32. The highest BCUT2D eigenvalue weighted by molar-refractivity contribution is 6.32. The average molecular weight is 434 g/mol. The van der Waals surface area contributed by atoms with Crippen molar-refractivity contribution in [3.8, 4) is 5.75 Å². The standard InChI is InChI=1S/C20H18ClF2N5O2/c1-28-14-5-4-11(26-18-13(21)7-24-9-25-18)6-12(14)15-16(19(28)29)30-8-20(22,23)17(27-15)10-2-3-10/h4-7,9-10,17,27H,2-3,8H2,1H3,(H,24,25,26). The summed E-state index contributed by atoms with van der Waals surface area (Å²) < 4.78 is 36.1. The first-order valence-electron chi connectivity index (χ1n) is 9.51. The normalized spacial score (nSPS) is 20.1. The number of nitrogens with one attached hydrogen (secondary N) is 2. The number of hydrogen-bond acceptors (Lipinski definition) is 6. The third-order valence-electron chi connectivity index (χ3n) is 5.54. The lowest BCUT2D eigenvalue weighted by molar-refractivity contribution is -0.0579. The summed E-state index contributed by atoms with van der Waals surface area (Å²) in [5, 5.41) is 6.98. The number of anilines is 3. The zero-order valence-electron chi connectivity index (χ0n) is 16.0. The van der Waals surface area contributed by atoms with Gasteiger partial charge in [0.1, 0.15) is 11.3 Å². The maximum atomic E-state index is 14.7. The van der Waals surface area contributed by atoms with E-state index in [9.17, 15) is 13.6 Å². The molecule has 1 saturated carbocycles. The molecule has 0 spiro atoms. The number of halogens is 3. The van der Waals surface area contributed by atoms with Crippen molar-refractivity contribution in [2.75, 3.05) is 17.2 Å². The van der Waals surface area contributed by atoms with Crippen molar-refractivity contribution in [1.29, 1.82) is 0 Å². The molecule has 3 heterocycles. The van der Waals surface area contributed by atoms with Crippen molar-refractivity contribution in [2.24, 2.45) is 13.0 Å². The number of alkyl halides is 2. The van der Waals surface area contributed by atoms with E-state index in [1.807, 2.05) is 0 Å². The zero-order chi connectivity index (χ0) is 21.0. The van der Waals surface area contributed by atoms with E-state index in [1.165, 1.54) is 17.1 Å². The van der Waals surface area contributed by atoms with Crippen molar-refractivity contribution < 1.29 is 13.5 Å². The Labute approximate surface area is 175 Å². The van der Waals surface area contributed by atoms with Gasteiger partial charge in [-0.1, -0.05) is 11.6 Å². The van der Waals surface area contributed by atoms with E-state index in [-0.39, 0.29) is 11.7 Å². The average Bonchev–Trinajstić information content (AvgIpc) is 3.55. The number of hydrogen-bond donors (Lipinski definition) is 2. The smallest absolute Gasteiger partial charge is 0.301 e. The molecular formula is C20H18ClF2N5O2. The van der Waals surface area contributed by atoms with Gasteiger partial charge in [0.25, 0.3) is 5.56 Å². The Morgan fingerprint density at radius 2 is 2.17 bits per heavy atom. The molecule has 30 heavy (non-hydrogen) atoms. The quantitative estimate of drug-likeness (QED) is 0.651. The minimum atomic E-state index is -3.08. The van der Waals surface area contributed by atoms with Gasteiger partial charge in [-0.05, 0) is 37.0 Å². The van der Waals surface area contributed by atoms with Crippen molar-refractivity contribution in [1.82, 2.24) is 14.5 Å². The lowest BCUT2D eigenvalue weighted by Gasteiger charge is -2.25. The fourth-order valence-electron chi connectivity index (χ4n) is 3.83. The minimum Gasteiger partial charge on any atom is -0.480 e. The minimum absolute atomic E-state index is 0.0926. The molecule has 3 aromatic rings. The topological polar surface area (TPSA) is 81.1 Å². The zero-order valence-corrected chi connectivity index (χ0v) is 16.7. The van der Waals surface area contributed by atoms with Gasteiger partial charge in [0.2, 0.25) is 5.75 Å². The molecule has 0 bridgehead atoms. The number of ether oxygens (including phenoxy) is 1. The van der Waals surface area contributed by atoms with Crippen LogP contribution in [0.25, 0.3) is 10.9 Å². The Balaban J connectivity index is 1.66. The predicted octanol–water partition coefficient (Wildman–Crippen LogP) is 3.94. The molecule has 1 unspecified atom stereocenters. The van der Waals surface area contributed by atoms with Crippen LogP contribution in [0.1, 0.15) is 12.8 Å². The maximum absolute atomic E-state index is 14.7. The molecule has 2 N–H and O–H groups in total. The molecule has 1 aliphatic carbocycles. The third kappa shape index (κ3) is 3.13. The summed E-state index contributed by atoms with van der Waals surface area (Å²) in [4.78, 5) is 20.8. The van der Waals surface area contributed by atoms with Crippen molar-refractivity contribution in [3.63, 3.8) is 0 Å². The lowest BCUT2D eigenvalue weighted by Crippen LogP contribution is -2.44. The van der Waals surface area contributed by atoms with E-state index in [1.54, 1.807) is 25.2 Å². The second-order valence-corrected chi connectivity index (χ2v) is 8.06. The van der Waals surface area contributed by atoms with E-state index in [0.717, 1.165) is 12.8 Å². The van der Waals surface area contributed by atoms with Crippen LogP contribution in [-0.4, -0.2) is 33.1 Å². The van der Waals surface area contributed by atoms with Crippen LogP contribution in [0, 0.1) is 5.92 Å². The first-order chi connectivity index (χ1) is 14.3. The highest BCUT2D eigenvalue weighted by atomic mass is 35.5. The summed E-state index contributed by atoms with van der Waals surface area (Å²) in [6.07, 6.45) is 4.28. The van der Waals surface area contributed by atoms with Crippen molar-refractivity contribution in [2.45, 2.75) is 24.8 Å². The number of rotatable bonds is 3. The van der Waals surface area contributed by atoms with E-state index in [0.29, 0.717) is 33.1 Å². The molecule has 1 aliphatic heterocycles. The second-order valence-electron chi connectivity index (χ2n) is 7.65. The third-order valence-corrected chi connectivity index (χ3v) is 5.82. The monoisotopic (exact) mass is 433 g/mol. The van der Waals surface area contributed by atoms with E-state index < -0.39 is 24.1 Å². The van der Waals surface area contributed by atoms with Gasteiger partial charge in [-0.2, -0.15) is 0 Å². The van der Waals surface area contributed by atoms with Crippen LogP contribution >= 0.6 is 11.6 Å². The highest BCUT2D eigenvalue weighted by Crippen LogP contribution is 2.45. The number of nitrogens with zero attached hydrogens (tertiary/aromatic N) is 3. The predicted molar refractivity (Wildman–Crippen MR) is 110 cm³/mol. The molecule has 156 valence electrons. The fraction of sp³-hybridized carbons (Fsp3) is 0.350. The summed E-state index contributed by atoms with van der Waals surface area (Å²) in [6.45, 7) is -0.830. The summed E-state index contributed by atoms with van der Waals surface area (Å²) >= 11 is 6.12. The molecule has 5 rings (SSSR count). The SMILES string of the molecule is Cn1c(=O)c2c(c3cc(Nc4ncncc4Cl)ccc31)NC(C1CC1)C(F)(F)CO2. The van der Waals surface area contributed by atoms with E-state index in [2.05, 4.69) is 20.6 Å². The molecule has 1 aromatic carbocycles. The Hall–Kier alpha value is -2.94. The van der Waals surface area contributed by atoms with Gasteiger partial charge in [0, 0.05) is 18.1 Å². The first kappa shape index (κ1) is 19.0. The number of pyridine rings is 1. The fourth-order valence-corrected chi connectivity index (χ4v) is 3.98. The largest absolute Gasteiger partial charge is 0.480 e. The van der Waals surface area contributed by atoms with Gasteiger partial charge in [-0.15, -0.1) is 0 Å². The van der Waals surface area contributed by atoms with Crippen LogP contribution in [0.15, 0.2) is 35.5 Å². The molecule has 2 aromatic heterocycles. The van der Waals surface area contributed by atoms with E-state index >= 15 is 0 Å². The van der Waals surface area contributed by atoms with E-state index in [4.69, 9.17) is 16.3 Å². The molecule has 0 radical (unpaired) electrons. The van der Waals surface area contributed by atoms with Crippen molar-refractivity contribution in [3.05, 3.63) is 46.1 Å². The Morgan fingerprint density at radius 1 is 1.37 bits per heavy atom. The van der Waals surface area contributed by atoms with Crippen LogP contribution < -0.4 is 20.9 Å². The summed E-state index contributed by atoms with van der Waals surface area (Å²) in [5.74, 6) is -2.91. The highest BCUT2D eigenvalue weighted by Gasteiger charge is 2.51. The molecule has 0 amide bonds. The molecule has 1 atom stereocenters. The maximum Gasteiger partial charge on any atom is 0.301 e. The number of aromatic nitrogens is 3. The number of benzene rings is 1. The van der Waals surface area contributed by atoms with Gasteiger partial charge < -0.3 is 19.9 Å². The van der Waals surface area contributed by atoms with Gasteiger partial charge >= 0.3 is 5.92 Å². The number of fused-ring (bicyclic) bond motifs is 3. The lowest BCUT2D eigenvalue weighted by atomic mass is 10.0. The van der Waals surface area contributed by atoms with Crippen molar-refractivity contribution >= 4 is 39.7 Å². The second kappa shape index (κ2) is 6.80. The van der Waals surface area contributed by atoms with Gasteiger partial charge in [0.05, 0.1) is 23.4 Å². The Morgan fingerprint density at radius 3 is 2.90 bits per heavy atom. The Bertz CT molecular complexity index is 1210. The molecule has 1 fully saturated rings. The summed E-state index contributed by atoms with van der Waals surface area (Å²) in [5.41, 5.74) is 1.05. The number of aryl methyl sites for hydroxylation is 1. The van der Waals surface area contributed by atoms with Crippen LogP contribution in [0.4, 0.5) is 26.0 Å². The summed E-state index contributed by atoms with van der Waals surface area (Å²) in [6, 6.07) is 4.18. The van der Waals surface area contributed by atoms with Gasteiger partial charge in [-0.3, -0.25) is 4.79 Å². The van der Waals surface area contributed by atoms with Gasteiger partial charge in [-0.25, -0.2) is 18.7 Å². The van der Waals surface area contributed by atoms with Crippen LogP contribution in [-0.2, 0) is 7.05 Å². The molecular weight excluding hydrogens is 416 g/mol. The van der Waals surface area contributed by atoms with Crippen LogP contribution in [0.5, 0.6) is 5.75 Å². The molecule has 0 saturated heterocycles. The molecule has 2 aliphatic rings. The first-order valence-corrected chi connectivity index (χ1v) is 9.89. The molecule has 10 heteroatoms. The molecule has 7 nitrogen and oxygen atoms in total. The van der Waals surface area contributed by atoms with Gasteiger partial charge in [0.15, 0.2) is 12.4 Å². The van der Waals surface area contributed by atoms with Crippen LogP contribution in [0.2, 0.25) is 5.02 Å². The van der Waals surface area contributed by atoms with Crippen LogP contribution in [0.3, 0.4) is 0 Å².